The van der Waals surface area contributed by atoms with Crippen LogP contribution in [0.5, 0.6) is 5.75 Å². The zero-order valence-electron chi connectivity index (χ0n) is 14.0. The molecule has 0 spiro atoms. The lowest BCUT2D eigenvalue weighted by Crippen LogP contribution is -2.26. The predicted octanol–water partition coefficient (Wildman–Crippen LogP) is 1.51. The minimum Gasteiger partial charge on any atom is -0.495 e. The summed E-state index contributed by atoms with van der Waals surface area (Å²) < 4.78 is 7.05. The number of methoxy groups -OCH3 is 1. The van der Waals surface area contributed by atoms with Crippen molar-refractivity contribution in [3.63, 3.8) is 0 Å². The van der Waals surface area contributed by atoms with Gasteiger partial charge in [0.15, 0.2) is 5.65 Å². The topological polar surface area (TPSA) is 101 Å². The molecule has 0 fully saturated rings. The van der Waals surface area contributed by atoms with Crippen LogP contribution in [0.25, 0.3) is 5.65 Å². The molecule has 3 N–H and O–H groups in total. The molecule has 0 atom stereocenters. The summed E-state index contributed by atoms with van der Waals surface area (Å²) in [5.41, 5.74) is 2.90. The van der Waals surface area contributed by atoms with Gasteiger partial charge in [0, 0.05) is 18.3 Å². The van der Waals surface area contributed by atoms with Crippen LogP contribution in [0, 0.1) is 6.92 Å². The maximum atomic E-state index is 12.0. The van der Waals surface area contributed by atoms with Gasteiger partial charge in [0.2, 0.25) is 5.95 Å². The molecule has 0 unspecified atom stereocenters. The van der Waals surface area contributed by atoms with Gasteiger partial charge in [-0.05, 0) is 36.8 Å². The van der Waals surface area contributed by atoms with Crippen molar-refractivity contribution in [1.82, 2.24) is 19.9 Å². The number of carbonyl (C=O) groups is 1. The molecular formula is C17H19N5O3. The number of hydrogen-bond acceptors (Lipinski definition) is 6. The number of fused-ring (bicyclic) bond motifs is 1. The Morgan fingerprint density at radius 2 is 2.16 bits per heavy atom. The first kappa shape index (κ1) is 16.7. The fourth-order valence-corrected chi connectivity index (χ4v) is 2.37. The summed E-state index contributed by atoms with van der Waals surface area (Å²) >= 11 is 0. The summed E-state index contributed by atoms with van der Waals surface area (Å²) in [7, 11) is 1.52. The Kier molecular flexibility index (Phi) is 4.80. The van der Waals surface area contributed by atoms with Crippen LogP contribution in [-0.2, 0) is 0 Å². The third-order valence-electron chi connectivity index (χ3n) is 3.59. The van der Waals surface area contributed by atoms with Crippen LogP contribution in [0.1, 0.15) is 15.9 Å². The molecule has 25 heavy (non-hydrogen) atoms. The Bertz CT molecular complexity index is 906. The van der Waals surface area contributed by atoms with Gasteiger partial charge in [-0.3, -0.25) is 4.79 Å². The first-order valence-electron chi connectivity index (χ1n) is 7.78. The highest BCUT2D eigenvalue weighted by molar-refractivity contribution is 5.95. The maximum absolute atomic E-state index is 12.0. The van der Waals surface area contributed by atoms with Crippen molar-refractivity contribution in [3.8, 4) is 5.75 Å². The van der Waals surface area contributed by atoms with Crippen LogP contribution >= 0.6 is 0 Å². The van der Waals surface area contributed by atoms with Crippen molar-refractivity contribution in [1.29, 1.82) is 0 Å². The van der Waals surface area contributed by atoms with Gasteiger partial charge < -0.3 is 20.5 Å². The molecule has 0 bridgehead atoms. The number of pyridine rings is 1. The second-order valence-electron chi connectivity index (χ2n) is 5.46. The molecular weight excluding hydrogens is 322 g/mol. The number of aliphatic hydroxyl groups excluding tert-OH is 1. The highest BCUT2D eigenvalue weighted by Gasteiger charge is 2.12. The number of nitrogens with zero attached hydrogens (tertiary/aromatic N) is 3. The van der Waals surface area contributed by atoms with E-state index in [-0.39, 0.29) is 19.1 Å². The van der Waals surface area contributed by atoms with Crippen molar-refractivity contribution in [3.05, 3.63) is 47.7 Å². The molecule has 3 rings (SSSR count). The number of rotatable bonds is 6. The van der Waals surface area contributed by atoms with Gasteiger partial charge in [-0.25, -0.2) is 4.52 Å². The number of amides is 1. The van der Waals surface area contributed by atoms with Crippen LogP contribution < -0.4 is 15.4 Å². The molecule has 1 aromatic carbocycles. The number of aromatic nitrogens is 3. The highest BCUT2D eigenvalue weighted by Crippen LogP contribution is 2.28. The summed E-state index contributed by atoms with van der Waals surface area (Å²) in [5, 5.41) is 18.9. The molecule has 8 nitrogen and oxygen atoms in total. The van der Waals surface area contributed by atoms with Crippen molar-refractivity contribution in [2.75, 3.05) is 25.6 Å². The fourth-order valence-electron chi connectivity index (χ4n) is 2.37. The van der Waals surface area contributed by atoms with Crippen LogP contribution in [0.3, 0.4) is 0 Å². The second-order valence-corrected chi connectivity index (χ2v) is 5.46. The van der Waals surface area contributed by atoms with E-state index in [1.807, 2.05) is 25.3 Å². The number of benzene rings is 1. The van der Waals surface area contributed by atoms with Crippen molar-refractivity contribution < 1.29 is 14.6 Å². The monoisotopic (exact) mass is 341 g/mol. The molecule has 0 saturated carbocycles. The molecule has 130 valence electrons. The lowest BCUT2D eigenvalue weighted by atomic mass is 10.1. The second kappa shape index (κ2) is 7.18. The van der Waals surface area contributed by atoms with Gasteiger partial charge in [0.05, 0.1) is 19.4 Å². The standard InChI is InChI=1S/C17H19N5O3/c1-11-3-6-15-20-17(21-22(15)10-11)19-13-5-4-12(9-14(13)25-2)16(24)18-7-8-23/h3-6,9-10,23H,7-8H2,1-2H3,(H,18,24)(H,19,21). The predicted molar refractivity (Wildman–Crippen MR) is 93.4 cm³/mol. The number of nitrogens with one attached hydrogen (secondary N) is 2. The Hall–Kier alpha value is -3.13. The molecule has 0 aliphatic carbocycles. The Morgan fingerprint density at radius 1 is 1.32 bits per heavy atom. The molecule has 0 aliphatic rings. The summed E-state index contributed by atoms with van der Waals surface area (Å²) in [4.78, 5) is 16.4. The van der Waals surface area contributed by atoms with E-state index >= 15 is 0 Å². The van der Waals surface area contributed by atoms with Crippen LogP contribution in [0.4, 0.5) is 11.6 Å². The molecule has 2 aromatic heterocycles. The van der Waals surface area contributed by atoms with E-state index in [1.54, 1.807) is 22.7 Å². The minimum atomic E-state index is -0.278. The fraction of sp³-hybridized carbons (Fsp3) is 0.235. The zero-order chi connectivity index (χ0) is 17.8. The van der Waals surface area contributed by atoms with Crippen LogP contribution in [0.2, 0.25) is 0 Å². The number of hydrogen-bond donors (Lipinski definition) is 3. The van der Waals surface area contributed by atoms with Crippen LogP contribution in [-0.4, -0.2) is 45.9 Å². The number of aryl methyl sites for hydroxylation is 1. The Balaban J connectivity index is 1.84. The number of carbonyl (C=O) groups excluding carboxylic acids is 1. The minimum absolute atomic E-state index is 0.110. The van der Waals surface area contributed by atoms with Gasteiger partial charge >= 0.3 is 0 Å². The number of anilines is 2. The molecule has 8 heteroatoms. The van der Waals surface area contributed by atoms with Crippen molar-refractivity contribution >= 4 is 23.2 Å². The van der Waals surface area contributed by atoms with Gasteiger partial charge in [0.25, 0.3) is 5.91 Å². The average molecular weight is 341 g/mol. The van der Waals surface area contributed by atoms with E-state index in [0.717, 1.165) is 11.2 Å². The molecule has 2 heterocycles. The smallest absolute Gasteiger partial charge is 0.251 e. The number of aliphatic hydroxyl groups is 1. The molecule has 0 aliphatic heterocycles. The molecule has 0 radical (unpaired) electrons. The quantitative estimate of drug-likeness (QED) is 0.628. The zero-order valence-corrected chi connectivity index (χ0v) is 14.0. The van der Waals surface area contributed by atoms with E-state index < -0.39 is 0 Å². The van der Waals surface area contributed by atoms with E-state index in [2.05, 4.69) is 20.7 Å². The maximum Gasteiger partial charge on any atom is 0.251 e. The Labute approximate surface area is 144 Å². The number of ether oxygens (including phenoxy) is 1. The first-order chi connectivity index (χ1) is 12.1. The summed E-state index contributed by atoms with van der Waals surface area (Å²) in [6, 6.07) is 8.86. The van der Waals surface area contributed by atoms with Crippen molar-refractivity contribution in [2.45, 2.75) is 6.92 Å². The van der Waals surface area contributed by atoms with E-state index in [9.17, 15) is 4.79 Å². The third kappa shape index (κ3) is 3.69. The average Bonchev–Trinajstić information content (AvgIpc) is 3.01. The van der Waals surface area contributed by atoms with E-state index in [0.29, 0.717) is 22.9 Å². The normalized spacial score (nSPS) is 10.7. The largest absolute Gasteiger partial charge is 0.495 e. The highest BCUT2D eigenvalue weighted by atomic mass is 16.5. The van der Waals surface area contributed by atoms with E-state index in [1.165, 1.54) is 7.11 Å². The third-order valence-corrected chi connectivity index (χ3v) is 3.59. The Morgan fingerprint density at radius 3 is 2.92 bits per heavy atom. The molecule has 0 saturated heterocycles. The summed E-state index contributed by atoms with van der Waals surface area (Å²) in [5.74, 6) is 0.647. The summed E-state index contributed by atoms with van der Waals surface area (Å²) in [6.45, 7) is 2.07. The van der Waals surface area contributed by atoms with Gasteiger partial charge in [-0.15, -0.1) is 5.10 Å². The summed E-state index contributed by atoms with van der Waals surface area (Å²) in [6.07, 6.45) is 1.89. The van der Waals surface area contributed by atoms with Gasteiger partial charge in [-0.1, -0.05) is 6.07 Å². The first-order valence-corrected chi connectivity index (χ1v) is 7.78. The van der Waals surface area contributed by atoms with Gasteiger partial charge in [0.1, 0.15) is 5.75 Å². The van der Waals surface area contributed by atoms with Crippen molar-refractivity contribution in [2.24, 2.45) is 0 Å². The molecule has 1 amide bonds. The lowest BCUT2D eigenvalue weighted by molar-refractivity contribution is 0.0944. The van der Waals surface area contributed by atoms with Crippen LogP contribution in [0.15, 0.2) is 36.5 Å². The lowest BCUT2D eigenvalue weighted by Gasteiger charge is -2.11. The SMILES string of the molecule is COc1cc(C(=O)NCCO)ccc1Nc1nc2ccc(C)cn2n1. The van der Waals surface area contributed by atoms with E-state index in [4.69, 9.17) is 9.84 Å². The van der Waals surface area contributed by atoms with Gasteiger partial charge in [-0.2, -0.15) is 4.98 Å². The molecule has 3 aromatic rings.